The lowest BCUT2D eigenvalue weighted by atomic mass is 9.95. The van der Waals surface area contributed by atoms with Crippen LogP contribution in [0.1, 0.15) is 24.0 Å². The van der Waals surface area contributed by atoms with Crippen LogP contribution in [0.3, 0.4) is 0 Å². The number of aliphatic hydroxyl groups is 1. The van der Waals surface area contributed by atoms with Crippen molar-refractivity contribution in [2.45, 2.75) is 24.9 Å². The quantitative estimate of drug-likeness (QED) is 0.754. The molecule has 1 aromatic heterocycles. The van der Waals surface area contributed by atoms with Crippen LogP contribution in [0.4, 0.5) is 0 Å². The van der Waals surface area contributed by atoms with Gasteiger partial charge in [0.2, 0.25) is 0 Å². The van der Waals surface area contributed by atoms with E-state index < -0.39 is 11.6 Å². The first-order valence-electron chi connectivity index (χ1n) is 4.11. The van der Waals surface area contributed by atoms with Crippen molar-refractivity contribution in [3.8, 4) is 0 Å². The third-order valence-corrected chi connectivity index (χ3v) is 3.29. The van der Waals surface area contributed by atoms with Gasteiger partial charge in [-0.05, 0) is 34.7 Å². The van der Waals surface area contributed by atoms with Gasteiger partial charge in [-0.3, -0.25) is 4.79 Å². The van der Waals surface area contributed by atoms with Crippen LogP contribution in [0, 0.1) is 0 Å². The van der Waals surface area contributed by atoms with E-state index in [2.05, 4.69) is 0 Å². The Morgan fingerprint density at radius 1 is 1.62 bits per heavy atom. The molecule has 3 nitrogen and oxygen atoms in total. The maximum atomic E-state index is 10.5. The van der Waals surface area contributed by atoms with Gasteiger partial charge < -0.3 is 10.2 Å². The van der Waals surface area contributed by atoms with Crippen LogP contribution in [0.15, 0.2) is 10.8 Å². The molecule has 0 aromatic carbocycles. The smallest absolute Gasteiger partial charge is 0.306 e. The van der Waals surface area contributed by atoms with Gasteiger partial charge in [-0.2, -0.15) is 11.3 Å². The maximum absolute atomic E-state index is 10.5. The molecule has 0 saturated heterocycles. The molecule has 1 atom stereocenters. The molecule has 0 spiro atoms. The number of fused-ring (bicyclic) bond motifs is 1. The highest BCUT2D eigenvalue weighted by atomic mass is 32.1. The van der Waals surface area contributed by atoms with E-state index in [1.165, 1.54) is 11.3 Å². The molecule has 1 unspecified atom stereocenters. The van der Waals surface area contributed by atoms with E-state index in [0.717, 1.165) is 17.5 Å². The van der Waals surface area contributed by atoms with E-state index in [1.54, 1.807) is 0 Å². The zero-order chi connectivity index (χ0) is 9.47. The molecule has 0 fully saturated rings. The molecular weight excluding hydrogens is 188 g/mol. The summed E-state index contributed by atoms with van der Waals surface area (Å²) < 4.78 is 0. The van der Waals surface area contributed by atoms with Crippen LogP contribution in [0.25, 0.3) is 0 Å². The minimum atomic E-state index is -1.11. The number of hydrogen-bond acceptors (Lipinski definition) is 3. The van der Waals surface area contributed by atoms with Gasteiger partial charge in [-0.25, -0.2) is 0 Å². The Morgan fingerprint density at radius 2 is 2.38 bits per heavy atom. The molecule has 1 aliphatic carbocycles. The van der Waals surface area contributed by atoms with Crippen molar-refractivity contribution in [1.82, 2.24) is 0 Å². The second-order valence-corrected chi connectivity index (χ2v) is 4.16. The summed E-state index contributed by atoms with van der Waals surface area (Å²) in [6.45, 7) is 0. The van der Waals surface area contributed by atoms with Crippen LogP contribution in [0.5, 0.6) is 0 Å². The number of carbonyl (C=O) groups is 1. The van der Waals surface area contributed by atoms with Gasteiger partial charge in [0.25, 0.3) is 0 Å². The number of hydrogen-bond donors (Lipinski definition) is 2. The lowest BCUT2D eigenvalue weighted by molar-refractivity contribution is -0.142. The van der Waals surface area contributed by atoms with E-state index >= 15 is 0 Å². The summed E-state index contributed by atoms with van der Waals surface area (Å²) in [5.41, 5.74) is 0.815. The van der Waals surface area contributed by atoms with Crippen LogP contribution >= 0.6 is 11.3 Å². The molecule has 70 valence electrons. The number of aryl methyl sites for hydroxylation is 1. The van der Waals surface area contributed by atoms with E-state index in [1.807, 2.05) is 10.8 Å². The zero-order valence-electron chi connectivity index (χ0n) is 6.99. The monoisotopic (exact) mass is 198 g/mol. The summed E-state index contributed by atoms with van der Waals surface area (Å²) in [5.74, 6) is -0.943. The fraction of sp³-hybridized carbons (Fsp3) is 0.444. The average Bonchev–Trinajstić information content (AvgIpc) is 2.54. The van der Waals surface area contributed by atoms with Crippen molar-refractivity contribution >= 4 is 17.3 Å². The minimum absolute atomic E-state index is 0.184. The minimum Gasteiger partial charge on any atom is -0.481 e. The normalized spacial score (nSPS) is 25.9. The van der Waals surface area contributed by atoms with Gasteiger partial charge in [0, 0.05) is 0 Å². The van der Waals surface area contributed by atoms with Crippen molar-refractivity contribution in [2.75, 3.05) is 0 Å². The van der Waals surface area contributed by atoms with Gasteiger partial charge in [-0.1, -0.05) is 0 Å². The molecule has 2 rings (SSSR count). The number of thiophene rings is 1. The van der Waals surface area contributed by atoms with Gasteiger partial charge in [0.15, 0.2) is 0 Å². The molecule has 1 aliphatic rings. The molecule has 0 bridgehead atoms. The van der Waals surface area contributed by atoms with Crippen LogP contribution in [-0.4, -0.2) is 16.2 Å². The summed E-state index contributed by atoms with van der Waals surface area (Å²) in [4.78, 5) is 10.5. The predicted molar refractivity (Wildman–Crippen MR) is 48.8 cm³/mol. The highest BCUT2D eigenvalue weighted by Crippen LogP contribution is 2.41. The van der Waals surface area contributed by atoms with Gasteiger partial charge in [0.1, 0.15) is 5.60 Å². The third-order valence-electron chi connectivity index (χ3n) is 2.50. The van der Waals surface area contributed by atoms with Gasteiger partial charge in [0.05, 0.1) is 6.42 Å². The molecule has 0 aliphatic heterocycles. The predicted octanol–water partition coefficient (Wildman–Crippen LogP) is 1.36. The summed E-state index contributed by atoms with van der Waals surface area (Å²) in [6, 6.07) is 0. The van der Waals surface area contributed by atoms with Crippen molar-refractivity contribution in [3.63, 3.8) is 0 Å². The molecule has 0 radical (unpaired) electrons. The van der Waals surface area contributed by atoms with E-state index in [-0.39, 0.29) is 6.42 Å². The van der Waals surface area contributed by atoms with Gasteiger partial charge >= 0.3 is 5.97 Å². The molecule has 13 heavy (non-hydrogen) atoms. The largest absolute Gasteiger partial charge is 0.481 e. The number of carboxylic acids is 1. The highest BCUT2D eigenvalue weighted by molar-refractivity contribution is 7.08. The van der Waals surface area contributed by atoms with Crippen LogP contribution in [-0.2, 0) is 16.8 Å². The van der Waals surface area contributed by atoms with E-state index in [4.69, 9.17) is 5.11 Å². The van der Waals surface area contributed by atoms with Crippen LogP contribution in [0.2, 0.25) is 0 Å². The SMILES string of the molecule is O=C(O)CC1(O)CCc2cscc21. The molecule has 1 aromatic rings. The summed E-state index contributed by atoms with van der Waals surface area (Å²) in [6.07, 6.45) is 1.15. The summed E-state index contributed by atoms with van der Waals surface area (Å²) in [7, 11) is 0. The Morgan fingerprint density at radius 3 is 3.08 bits per heavy atom. The zero-order valence-corrected chi connectivity index (χ0v) is 7.80. The van der Waals surface area contributed by atoms with Crippen molar-refractivity contribution in [3.05, 3.63) is 21.9 Å². The molecular formula is C9H10O3S. The molecule has 1 heterocycles. The first kappa shape index (κ1) is 8.72. The van der Waals surface area contributed by atoms with Crippen molar-refractivity contribution in [1.29, 1.82) is 0 Å². The van der Waals surface area contributed by atoms with Crippen molar-refractivity contribution < 1.29 is 15.0 Å². The topological polar surface area (TPSA) is 57.5 Å². The number of carboxylic acid groups (broad SMARTS) is 1. The Bertz CT molecular complexity index is 344. The average molecular weight is 198 g/mol. The fourth-order valence-corrected chi connectivity index (χ4v) is 2.82. The Hall–Kier alpha value is -0.870. The lowest BCUT2D eigenvalue weighted by Crippen LogP contribution is -2.25. The van der Waals surface area contributed by atoms with Crippen molar-refractivity contribution in [2.24, 2.45) is 0 Å². The number of aliphatic carboxylic acids is 1. The Balaban J connectivity index is 2.32. The first-order chi connectivity index (χ1) is 6.12. The second kappa shape index (κ2) is 2.82. The Labute approximate surface area is 79.6 Å². The maximum Gasteiger partial charge on any atom is 0.306 e. The second-order valence-electron chi connectivity index (χ2n) is 3.41. The van der Waals surface area contributed by atoms with E-state index in [0.29, 0.717) is 6.42 Å². The standard InChI is InChI=1S/C9H10O3S/c10-8(11)3-9(12)2-1-6-4-13-5-7(6)9/h4-5,12H,1-3H2,(H,10,11). The van der Waals surface area contributed by atoms with Crippen LogP contribution < -0.4 is 0 Å². The highest BCUT2D eigenvalue weighted by Gasteiger charge is 2.39. The first-order valence-corrected chi connectivity index (χ1v) is 5.06. The number of rotatable bonds is 2. The fourth-order valence-electron chi connectivity index (χ4n) is 1.84. The molecule has 0 amide bonds. The van der Waals surface area contributed by atoms with E-state index in [9.17, 15) is 9.90 Å². The molecule has 4 heteroatoms. The summed E-state index contributed by atoms with van der Waals surface area (Å²) in [5, 5.41) is 22.5. The lowest BCUT2D eigenvalue weighted by Gasteiger charge is -2.20. The molecule has 2 N–H and O–H groups in total. The molecule has 0 saturated carbocycles. The third kappa shape index (κ3) is 1.36. The Kier molecular flexibility index (Phi) is 1.89. The van der Waals surface area contributed by atoms with Gasteiger partial charge in [-0.15, -0.1) is 0 Å². The summed E-state index contributed by atoms with van der Waals surface area (Å²) >= 11 is 1.52.